The van der Waals surface area contributed by atoms with Gasteiger partial charge in [0.15, 0.2) is 5.34 Å². The average molecular weight is 204 g/mol. The van der Waals surface area contributed by atoms with Gasteiger partial charge in [-0.3, -0.25) is 0 Å². The van der Waals surface area contributed by atoms with Crippen molar-refractivity contribution in [3.05, 3.63) is 4.91 Å². The van der Waals surface area contributed by atoms with Crippen LogP contribution in [-0.4, -0.2) is 59.6 Å². The van der Waals surface area contributed by atoms with Gasteiger partial charge in [0.05, 0.1) is 0 Å². The SMILES string of the molecule is O.O=NO.[BaH2]. The van der Waals surface area contributed by atoms with Gasteiger partial charge in [-0.05, 0) is 0 Å². The van der Waals surface area contributed by atoms with Crippen molar-refractivity contribution >= 4 is 48.9 Å². The summed E-state index contributed by atoms with van der Waals surface area (Å²) in [7, 11) is 0. The summed E-state index contributed by atoms with van der Waals surface area (Å²) in [6.45, 7) is 0. The fourth-order valence-corrected chi connectivity index (χ4v) is 0. The molecule has 0 bridgehead atoms. The molecule has 0 spiro atoms. The van der Waals surface area contributed by atoms with Crippen molar-refractivity contribution < 1.29 is 10.7 Å². The Labute approximate surface area is 68.9 Å². The molecule has 0 aromatic heterocycles. The summed E-state index contributed by atoms with van der Waals surface area (Å²) in [4.78, 5) is 8.11. The molecule has 3 N–H and O–H groups in total. The van der Waals surface area contributed by atoms with Crippen molar-refractivity contribution in [2.45, 2.75) is 0 Å². The van der Waals surface area contributed by atoms with Crippen molar-refractivity contribution in [1.29, 1.82) is 0 Å². The van der Waals surface area contributed by atoms with Crippen LogP contribution in [0.2, 0.25) is 0 Å². The van der Waals surface area contributed by atoms with Crippen LogP contribution < -0.4 is 0 Å². The van der Waals surface area contributed by atoms with Crippen LogP contribution in [0.15, 0.2) is 5.34 Å². The minimum atomic E-state index is 0. The Bertz CT molecular complexity index is 14.4. The molecule has 0 fully saturated rings. The number of rotatable bonds is 0. The standard InChI is InChI=1S/Ba.HNO2.H2O.2H/c;2-1-3;;;/h;(H,2,3);1H2;;. The van der Waals surface area contributed by atoms with Crippen LogP contribution in [0.5, 0.6) is 0 Å². The summed E-state index contributed by atoms with van der Waals surface area (Å²) in [6, 6.07) is 0. The molecule has 0 unspecified atom stereocenters. The van der Waals surface area contributed by atoms with E-state index >= 15 is 0 Å². The van der Waals surface area contributed by atoms with Crippen LogP contribution in [0.4, 0.5) is 0 Å². The molecule has 0 saturated heterocycles. The van der Waals surface area contributed by atoms with Crippen molar-refractivity contribution in [2.75, 3.05) is 0 Å². The van der Waals surface area contributed by atoms with Crippen LogP contribution in [-0.2, 0) is 0 Å². The van der Waals surface area contributed by atoms with E-state index in [0.29, 0.717) is 0 Å². The van der Waals surface area contributed by atoms with E-state index < -0.39 is 0 Å². The topological polar surface area (TPSA) is 81.2 Å². The molecule has 0 saturated carbocycles. The summed E-state index contributed by atoms with van der Waals surface area (Å²) in [5.41, 5.74) is 0. The molecule has 0 radical (unpaired) electrons. The maximum absolute atomic E-state index is 8.11. The van der Waals surface area contributed by atoms with E-state index in [9.17, 15) is 0 Å². The Balaban J connectivity index is -0.0000000200. The quantitative estimate of drug-likeness (QED) is 0.293. The Kier molecular flexibility index (Phi) is 68.6. The van der Waals surface area contributed by atoms with Gasteiger partial charge in [-0.2, -0.15) is 0 Å². The fraction of sp³-hybridized carbons (Fsp3) is 0. The first-order valence-electron chi connectivity index (χ1n) is 0.383. The summed E-state index contributed by atoms with van der Waals surface area (Å²) in [5.74, 6) is 0. The molecule has 0 rings (SSSR count). The Morgan fingerprint density at radius 2 is 1.60 bits per heavy atom. The van der Waals surface area contributed by atoms with Gasteiger partial charge < -0.3 is 10.7 Å². The van der Waals surface area contributed by atoms with Gasteiger partial charge in [0.25, 0.3) is 0 Å². The minimum absolute atomic E-state index is 0. The van der Waals surface area contributed by atoms with Crippen molar-refractivity contribution in [1.82, 2.24) is 0 Å². The molecule has 5 heteroatoms. The Hall–Kier alpha value is 0.931. The maximum atomic E-state index is 8.11. The molecule has 0 aliphatic carbocycles. The van der Waals surface area contributed by atoms with E-state index in [0.717, 1.165) is 0 Å². The second-order valence-corrected chi connectivity index (χ2v) is 0.0816. The van der Waals surface area contributed by atoms with Gasteiger partial charge in [0.1, 0.15) is 0 Å². The normalized spacial score (nSPS) is 2.40. The molecular weight excluding hydrogens is 199 g/mol. The number of nitrogens with zero attached hydrogens (tertiary/aromatic N) is 1. The first-order chi connectivity index (χ1) is 1.41. The van der Waals surface area contributed by atoms with Gasteiger partial charge >= 0.3 is 48.9 Å². The zero-order valence-electron chi connectivity index (χ0n) is 1.80. The second kappa shape index (κ2) is 20.4. The van der Waals surface area contributed by atoms with E-state index in [1.54, 1.807) is 0 Å². The van der Waals surface area contributed by atoms with Gasteiger partial charge in [-0.1, -0.05) is 0 Å². The van der Waals surface area contributed by atoms with Gasteiger partial charge in [-0.15, -0.1) is 4.91 Å². The van der Waals surface area contributed by atoms with E-state index in [1.807, 2.05) is 0 Å². The van der Waals surface area contributed by atoms with Crippen molar-refractivity contribution in [3.63, 3.8) is 0 Å². The van der Waals surface area contributed by atoms with Crippen LogP contribution in [0.1, 0.15) is 0 Å². The molecule has 0 aliphatic rings. The Morgan fingerprint density at radius 3 is 1.60 bits per heavy atom. The van der Waals surface area contributed by atoms with Crippen molar-refractivity contribution in [2.24, 2.45) is 5.34 Å². The van der Waals surface area contributed by atoms with Crippen LogP contribution in [0.25, 0.3) is 0 Å². The molecular formula is H5BaNO3. The van der Waals surface area contributed by atoms with Gasteiger partial charge in [0, 0.05) is 0 Å². The molecule has 0 amide bonds. The molecule has 0 aromatic carbocycles. The first kappa shape index (κ1) is 16.8. The zero-order chi connectivity index (χ0) is 2.71. The Morgan fingerprint density at radius 1 is 1.60 bits per heavy atom. The van der Waals surface area contributed by atoms with E-state index in [4.69, 9.17) is 10.1 Å². The average Bonchev–Trinajstić information content (AvgIpc) is 0.918. The zero-order valence-corrected chi connectivity index (χ0v) is 1.80. The third kappa shape index (κ3) is 48.8. The summed E-state index contributed by atoms with van der Waals surface area (Å²) < 4.78 is 0. The van der Waals surface area contributed by atoms with E-state index in [1.165, 1.54) is 5.34 Å². The molecule has 0 aliphatic heterocycles. The fourth-order valence-electron chi connectivity index (χ4n) is 0. The van der Waals surface area contributed by atoms with E-state index in [-0.39, 0.29) is 54.4 Å². The predicted molar refractivity (Wildman–Crippen MR) is 19.7 cm³/mol. The van der Waals surface area contributed by atoms with Gasteiger partial charge in [0.2, 0.25) is 0 Å². The molecule has 4 nitrogen and oxygen atoms in total. The molecule has 0 aromatic rings. The van der Waals surface area contributed by atoms with Crippen LogP contribution in [0, 0.1) is 4.91 Å². The second-order valence-electron chi connectivity index (χ2n) is 0.0816. The van der Waals surface area contributed by atoms with E-state index in [2.05, 4.69) is 0 Å². The molecule has 0 atom stereocenters. The predicted octanol–water partition coefficient (Wildman–Crippen LogP) is -1.60. The summed E-state index contributed by atoms with van der Waals surface area (Å²) >= 11 is 0. The van der Waals surface area contributed by atoms with Gasteiger partial charge in [-0.25, -0.2) is 0 Å². The van der Waals surface area contributed by atoms with Crippen LogP contribution >= 0.6 is 0 Å². The number of hydrogen-bond acceptors (Lipinski definition) is 2. The summed E-state index contributed by atoms with van der Waals surface area (Å²) in [5, 5.41) is 7.89. The monoisotopic (exact) mass is 205 g/mol. The number of hydrogen-bond donors (Lipinski definition) is 1. The van der Waals surface area contributed by atoms with Crippen LogP contribution in [0.3, 0.4) is 0 Å². The molecule has 30 valence electrons. The molecule has 5 heavy (non-hydrogen) atoms. The third-order valence-corrected chi connectivity index (χ3v) is 0. The van der Waals surface area contributed by atoms with Crippen molar-refractivity contribution in [3.8, 4) is 0 Å². The molecule has 0 heterocycles. The third-order valence-electron chi connectivity index (χ3n) is 0. The summed E-state index contributed by atoms with van der Waals surface area (Å²) in [6.07, 6.45) is 0. The first-order valence-corrected chi connectivity index (χ1v) is 0.383.